The number of hydrogen-bond donors (Lipinski definition) is 0. The minimum absolute atomic E-state index is 0.114. The first kappa shape index (κ1) is 17.9. The smallest absolute Gasteiger partial charge is 0.199 e. The summed E-state index contributed by atoms with van der Waals surface area (Å²) in [5.41, 5.74) is -0.942. The molecule has 1 aromatic rings. The van der Waals surface area contributed by atoms with E-state index in [0.717, 1.165) is 0 Å². The van der Waals surface area contributed by atoms with Gasteiger partial charge in [-0.3, -0.25) is 0 Å². The third kappa shape index (κ3) is 4.67. The van der Waals surface area contributed by atoms with E-state index in [0.29, 0.717) is 25.1 Å². The van der Waals surface area contributed by atoms with E-state index in [2.05, 4.69) is 0 Å². The van der Waals surface area contributed by atoms with Crippen molar-refractivity contribution in [3.63, 3.8) is 0 Å². The lowest BCUT2D eigenvalue weighted by Gasteiger charge is -2.23. The van der Waals surface area contributed by atoms with Crippen molar-refractivity contribution in [3.05, 3.63) is 29.3 Å². The molecular formula is C13H18F5NOSi. The Morgan fingerprint density at radius 2 is 1.71 bits per heavy atom. The monoisotopic (exact) mass is 327 g/mol. The number of anilines is 1. The molecule has 120 valence electrons. The molecule has 0 saturated heterocycles. The zero-order valence-corrected chi connectivity index (χ0v) is 13.2. The quantitative estimate of drug-likeness (QED) is 0.239. The lowest BCUT2D eigenvalue weighted by atomic mass is 10.2. The molecule has 0 amide bonds. The van der Waals surface area contributed by atoms with Gasteiger partial charge >= 0.3 is 0 Å². The first-order chi connectivity index (χ1) is 9.69. The van der Waals surface area contributed by atoms with Gasteiger partial charge in [-0.2, -0.15) is 0 Å². The van der Waals surface area contributed by atoms with Crippen LogP contribution in [0, 0.1) is 23.3 Å². The van der Waals surface area contributed by atoms with Crippen LogP contribution < -0.4 is 5.12 Å². The average Bonchev–Trinajstić information content (AvgIpc) is 2.40. The van der Waals surface area contributed by atoms with E-state index in [9.17, 15) is 22.0 Å². The number of nitrogens with zero attached hydrogens (tertiary/aromatic N) is 1. The molecule has 0 N–H and O–H groups in total. The van der Waals surface area contributed by atoms with Crippen molar-refractivity contribution < 1.29 is 26.5 Å². The first-order valence-electron chi connectivity index (χ1n) is 6.60. The molecule has 0 bridgehead atoms. The van der Waals surface area contributed by atoms with E-state index >= 15 is 0 Å². The van der Waals surface area contributed by atoms with Crippen LogP contribution in [0.25, 0.3) is 0 Å². The van der Waals surface area contributed by atoms with Crippen LogP contribution >= 0.6 is 0 Å². The topological polar surface area (TPSA) is 12.5 Å². The van der Waals surface area contributed by atoms with Gasteiger partial charge in [-0.1, -0.05) is 4.48 Å². The van der Waals surface area contributed by atoms with Crippen molar-refractivity contribution in [2.75, 3.05) is 18.3 Å². The lowest BCUT2D eigenvalue weighted by Crippen LogP contribution is -2.31. The molecule has 0 spiro atoms. The Kier molecular flexibility index (Phi) is 6.15. The number of benzene rings is 1. The Morgan fingerprint density at radius 1 is 1.10 bits per heavy atom. The van der Waals surface area contributed by atoms with Crippen LogP contribution in [0.3, 0.4) is 0 Å². The fourth-order valence-corrected chi connectivity index (χ4v) is 3.90. The second kappa shape index (κ2) is 7.21. The van der Waals surface area contributed by atoms with Crippen LogP contribution in [0.1, 0.15) is 13.3 Å². The summed E-state index contributed by atoms with van der Waals surface area (Å²) < 4.78 is 71.5. The van der Waals surface area contributed by atoms with Gasteiger partial charge in [0.25, 0.3) is 0 Å². The van der Waals surface area contributed by atoms with Crippen LogP contribution in [0.2, 0.25) is 19.1 Å². The average molecular weight is 327 g/mol. The van der Waals surface area contributed by atoms with Crippen molar-refractivity contribution >= 4 is 14.0 Å². The Bertz CT molecular complexity index is 498. The normalized spacial score (nSPS) is 11.8. The maximum absolute atomic E-state index is 13.8. The third-order valence-corrected chi connectivity index (χ3v) is 5.64. The second-order valence-corrected chi connectivity index (χ2v) is 9.51. The zero-order valence-electron chi connectivity index (χ0n) is 12.2. The van der Waals surface area contributed by atoms with Gasteiger partial charge in [-0.15, -0.1) is 0 Å². The lowest BCUT2D eigenvalue weighted by molar-refractivity contribution is 0.326. The summed E-state index contributed by atoms with van der Waals surface area (Å²) in [6.07, 6.45) is 0.329. The Labute approximate surface area is 121 Å². The van der Waals surface area contributed by atoms with E-state index in [1.807, 2.05) is 20.0 Å². The maximum Gasteiger partial charge on any atom is 0.199 e. The van der Waals surface area contributed by atoms with Gasteiger partial charge in [0.1, 0.15) is 5.69 Å². The number of rotatable bonds is 7. The van der Waals surface area contributed by atoms with E-state index in [1.54, 1.807) is 0 Å². The molecule has 0 atom stereocenters. The standard InChI is InChI=1S/C13H18F5NOSi/c1-4-20-21(2,3)7-5-6-19(18)10-8-9(14)11(15)13(17)12(10)16/h8H,4-7H2,1-3H3. The molecule has 0 aliphatic carbocycles. The minimum Gasteiger partial charge on any atom is -0.418 e. The van der Waals surface area contributed by atoms with Crippen LogP contribution in [-0.2, 0) is 4.43 Å². The summed E-state index contributed by atoms with van der Waals surface area (Å²) in [6.45, 7) is 6.07. The maximum atomic E-state index is 13.8. The van der Waals surface area contributed by atoms with Gasteiger partial charge in [-0.25, -0.2) is 22.7 Å². The Balaban J connectivity index is 2.71. The van der Waals surface area contributed by atoms with Crippen LogP contribution in [-0.4, -0.2) is 21.5 Å². The molecule has 0 fully saturated rings. The van der Waals surface area contributed by atoms with Crippen molar-refractivity contribution in [3.8, 4) is 0 Å². The van der Waals surface area contributed by atoms with E-state index in [4.69, 9.17) is 4.43 Å². The van der Waals surface area contributed by atoms with Gasteiger partial charge in [0.2, 0.25) is 0 Å². The summed E-state index contributed by atoms with van der Waals surface area (Å²) in [4.78, 5) is 0. The molecule has 0 heterocycles. The van der Waals surface area contributed by atoms with Gasteiger partial charge in [-0.05, 0) is 32.5 Å². The molecule has 1 rings (SSSR count). The van der Waals surface area contributed by atoms with Crippen molar-refractivity contribution in [2.45, 2.75) is 32.5 Å². The van der Waals surface area contributed by atoms with E-state index in [-0.39, 0.29) is 11.7 Å². The Hall–Kier alpha value is -1.15. The Morgan fingerprint density at radius 3 is 2.29 bits per heavy atom. The fraction of sp³-hybridized carbons (Fsp3) is 0.538. The fourth-order valence-electron chi connectivity index (χ4n) is 1.96. The summed E-state index contributed by atoms with van der Waals surface area (Å²) in [5.74, 6) is -7.33. The van der Waals surface area contributed by atoms with Crippen molar-refractivity contribution in [1.29, 1.82) is 0 Å². The third-order valence-electron chi connectivity index (χ3n) is 3.01. The number of hydrogen-bond acceptors (Lipinski definition) is 2. The van der Waals surface area contributed by atoms with Crippen LogP contribution in [0.4, 0.5) is 27.7 Å². The van der Waals surface area contributed by atoms with Crippen LogP contribution in [0.15, 0.2) is 6.07 Å². The SMILES string of the molecule is CCO[Si](C)(C)CCCN(F)c1cc(F)c(F)c(F)c1F. The van der Waals surface area contributed by atoms with E-state index in [1.165, 1.54) is 0 Å². The summed E-state index contributed by atoms with van der Waals surface area (Å²) >= 11 is 0. The predicted molar refractivity (Wildman–Crippen MR) is 73.3 cm³/mol. The summed E-state index contributed by atoms with van der Waals surface area (Å²) in [6, 6.07) is 0.911. The molecule has 0 aromatic heterocycles. The largest absolute Gasteiger partial charge is 0.418 e. The van der Waals surface area contributed by atoms with Gasteiger partial charge in [0, 0.05) is 12.7 Å². The van der Waals surface area contributed by atoms with Gasteiger partial charge < -0.3 is 4.43 Å². The zero-order chi connectivity index (χ0) is 16.2. The second-order valence-electron chi connectivity index (χ2n) is 5.20. The molecule has 8 heteroatoms. The molecule has 0 unspecified atom stereocenters. The predicted octanol–water partition coefficient (Wildman–Crippen LogP) is 4.57. The molecular weight excluding hydrogens is 309 g/mol. The molecule has 0 aliphatic heterocycles. The summed E-state index contributed by atoms with van der Waals surface area (Å²) in [5, 5.41) is -0.114. The highest BCUT2D eigenvalue weighted by Crippen LogP contribution is 2.27. The van der Waals surface area contributed by atoms with E-state index < -0.39 is 37.3 Å². The summed E-state index contributed by atoms with van der Waals surface area (Å²) in [7, 11) is -1.91. The first-order valence-corrected chi connectivity index (χ1v) is 9.71. The van der Waals surface area contributed by atoms with Gasteiger partial charge in [0.05, 0.1) is 6.54 Å². The molecule has 0 radical (unpaired) electrons. The highest BCUT2D eigenvalue weighted by atomic mass is 28.4. The van der Waals surface area contributed by atoms with Crippen LogP contribution in [0.5, 0.6) is 0 Å². The highest BCUT2D eigenvalue weighted by molar-refractivity contribution is 6.71. The minimum atomic E-state index is -2.02. The molecule has 0 aliphatic rings. The van der Waals surface area contributed by atoms with Gasteiger partial charge in [0.15, 0.2) is 31.6 Å². The molecule has 21 heavy (non-hydrogen) atoms. The molecule has 2 nitrogen and oxygen atoms in total. The molecule has 1 aromatic carbocycles. The highest BCUT2D eigenvalue weighted by Gasteiger charge is 2.25. The molecule has 0 saturated carbocycles. The van der Waals surface area contributed by atoms with Crippen molar-refractivity contribution in [2.24, 2.45) is 0 Å². The van der Waals surface area contributed by atoms with Crippen molar-refractivity contribution in [1.82, 2.24) is 0 Å². The number of halogens is 5.